The zero-order valence-electron chi connectivity index (χ0n) is 21.3. The van der Waals surface area contributed by atoms with Crippen molar-refractivity contribution in [2.75, 3.05) is 0 Å². The lowest BCUT2D eigenvalue weighted by Crippen LogP contribution is -2.26. The lowest BCUT2D eigenvalue weighted by atomic mass is 10.0. The fourth-order valence-electron chi connectivity index (χ4n) is 4.66. The van der Waals surface area contributed by atoms with Gasteiger partial charge in [0.1, 0.15) is 5.69 Å². The summed E-state index contributed by atoms with van der Waals surface area (Å²) in [4.78, 5) is 35.1. The number of nitrogens with zero attached hydrogens (tertiary/aromatic N) is 3. The van der Waals surface area contributed by atoms with Crippen LogP contribution in [0.5, 0.6) is 0 Å². The number of hydrogen-bond acceptors (Lipinski definition) is 3. The van der Waals surface area contributed by atoms with Crippen molar-refractivity contribution in [1.82, 2.24) is 14.5 Å². The average molecular weight is 543 g/mol. The zero-order valence-corrected chi connectivity index (χ0v) is 21.3. The molecule has 0 radical (unpaired) electrons. The molecule has 0 aliphatic carbocycles. The molecule has 3 heterocycles. The zero-order chi connectivity index (χ0) is 28.8. The molecule has 0 fully saturated rings. The second kappa shape index (κ2) is 9.85. The van der Waals surface area contributed by atoms with E-state index in [4.69, 9.17) is 6.57 Å². The maximum absolute atomic E-state index is 14.0. The molecule has 0 amide bonds. The van der Waals surface area contributed by atoms with Gasteiger partial charge in [0.15, 0.2) is 0 Å². The van der Waals surface area contributed by atoms with Crippen molar-refractivity contribution in [1.29, 1.82) is 0 Å². The predicted octanol–water partition coefficient (Wildman–Crippen LogP) is 6.99. The number of alkyl halides is 3. The summed E-state index contributed by atoms with van der Waals surface area (Å²) in [6, 6.07) is 17.8. The molecule has 0 unspecified atom stereocenters. The lowest BCUT2D eigenvalue weighted by Gasteiger charge is -2.19. The van der Waals surface area contributed by atoms with Gasteiger partial charge in [-0.1, -0.05) is 42.0 Å². The van der Waals surface area contributed by atoms with E-state index in [2.05, 4.69) is 14.8 Å². The lowest BCUT2D eigenvalue weighted by molar-refractivity contribution is -0.136. The Labute approximate surface area is 226 Å². The first-order valence-corrected chi connectivity index (χ1v) is 12.1. The van der Waals surface area contributed by atoms with Crippen LogP contribution in [0.15, 0.2) is 71.5 Å². The molecule has 0 saturated heterocycles. The number of carboxylic acids is 1. The number of aromatic carboxylic acids is 1. The Morgan fingerprint density at radius 3 is 2.48 bits per heavy atom. The minimum absolute atomic E-state index is 0.0175. The number of aryl methyl sites for hydroxylation is 2. The molecule has 0 atom stereocenters. The number of carbonyl (C=O) groups is 1. The number of pyridine rings is 2. The van der Waals surface area contributed by atoms with Gasteiger partial charge in [-0.25, -0.2) is 14.6 Å². The van der Waals surface area contributed by atoms with E-state index >= 15 is 0 Å². The molecule has 2 aromatic carbocycles. The normalized spacial score (nSPS) is 11.5. The van der Waals surface area contributed by atoms with E-state index in [1.54, 1.807) is 36.4 Å². The second-order valence-corrected chi connectivity index (χ2v) is 9.42. The topological polar surface area (TPSA) is 92.3 Å². The van der Waals surface area contributed by atoms with E-state index in [0.717, 1.165) is 21.8 Å². The number of H-pyrrole nitrogens is 1. The Morgan fingerprint density at radius 1 is 1.05 bits per heavy atom. The Bertz CT molecular complexity index is 1910. The van der Waals surface area contributed by atoms with Crippen LogP contribution in [-0.2, 0) is 12.7 Å². The first kappa shape index (κ1) is 26.4. The number of hydrogen-bond donors (Lipinski definition) is 2. The highest BCUT2D eigenvalue weighted by atomic mass is 19.4. The molecule has 0 bridgehead atoms. The molecule has 7 nitrogen and oxygen atoms in total. The van der Waals surface area contributed by atoms with Crippen LogP contribution in [0.1, 0.15) is 32.7 Å². The van der Waals surface area contributed by atoms with E-state index < -0.39 is 29.0 Å². The standard InChI is InChI=1S/C30H21F3N4O3/c1-16-7-8-20(17(2)11-16)15-37-26(14-21(30(31,32)33)27(34-3)28(37)38)23-6-4-5-22(35-23)18-9-10-19-13-25(29(39)40)36-24(19)12-18/h4-14,36H,15H2,1-2H3,(H,39,40). The summed E-state index contributed by atoms with van der Waals surface area (Å²) >= 11 is 0. The fraction of sp³-hybridized carbons (Fsp3) is 0.133. The van der Waals surface area contributed by atoms with Gasteiger partial charge in [-0.05, 0) is 55.3 Å². The number of aromatic amines is 1. The van der Waals surface area contributed by atoms with Crippen LogP contribution in [0.3, 0.4) is 0 Å². The van der Waals surface area contributed by atoms with E-state index in [0.29, 0.717) is 27.7 Å². The summed E-state index contributed by atoms with van der Waals surface area (Å²) in [5.41, 5.74) is 0.774. The molecular formula is C30H21F3N4O3. The third-order valence-electron chi connectivity index (χ3n) is 6.68. The Hall–Kier alpha value is -5.17. The van der Waals surface area contributed by atoms with Gasteiger partial charge in [0.25, 0.3) is 11.2 Å². The minimum Gasteiger partial charge on any atom is -0.477 e. The maximum Gasteiger partial charge on any atom is 0.407 e. The quantitative estimate of drug-likeness (QED) is 0.234. The van der Waals surface area contributed by atoms with E-state index in [1.807, 2.05) is 26.0 Å². The molecule has 5 aromatic rings. The molecule has 0 aliphatic heterocycles. The van der Waals surface area contributed by atoms with Crippen LogP contribution < -0.4 is 5.56 Å². The molecule has 10 heteroatoms. The van der Waals surface area contributed by atoms with Gasteiger partial charge in [0.2, 0.25) is 0 Å². The first-order valence-electron chi connectivity index (χ1n) is 12.1. The van der Waals surface area contributed by atoms with E-state index in [9.17, 15) is 27.9 Å². The highest BCUT2D eigenvalue weighted by Crippen LogP contribution is 2.37. The molecule has 5 rings (SSSR count). The van der Waals surface area contributed by atoms with Gasteiger partial charge in [-0.3, -0.25) is 4.79 Å². The third kappa shape index (κ3) is 4.85. The number of carboxylic acid groups (broad SMARTS) is 1. The summed E-state index contributed by atoms with van der Waals surface area (Å²) in [5.74, 6) is -1.11. The number of nitrogens with one attached hydrogen (secondary N) is 1. The molecule has 2 N–H and O–H groups in total. The summed E-state index contributed by atoms with van der Waals surface area (Å²) in [6.45, 7) is 11.0. The maximum atomic E-state index is 14.0. The third-order valence-corrected chi connectivity index (χ3v) is 6.68. The van der Waals surface area contributed by atoms with E-state index in [1.165, 1.54) is 12.1 Å². The monoisotopic (exact) mass is 542 g/mol. The molecule has 0 saturated carbocycles. The van der Waals surface area contributed by atoms with Gasteiger partial charge >= 0.3 is 12.1 Å². The molecule has 40 heavy (non-hydrogen) atoms. The van der Waals surface area contributed by atoms with Crippen LogP contribution in [0.2, 0.25) is 0 Å². The first-order chi connectivity index (χ1) is 19.0. The molecule has 0 spiro atoms. The van der Waals surface area contributed by atoms with Crippen molar-refractivity contribution < 1.29 is 23.1 Å². The van der Waals surface area contributed by atoms with Crippen LogP contribution in [0.25, 0.3) is 38.4 Å². The summed E-state index contributed by atoms with van der Waals surface area (Å²) in [7, 11) is 0. The smallest absolute Gasteiger partial charge is 0.407 e. The van der Waals surface area contributed by atoms with Gasteiger partial charge in [-0.15, -0.1) is 0 Å². The van der Waals surface area contributed by atoms with Crippen molar-refractivity contribution in [3.05, 3.63) is 116 Å². The number of halogens is 3. The summed E-state index contributed by atoms with van der Waals surface area (Å²) < 4.78 is 43.1. The van der Waals surface area contributed by atoms with Gasteiger partial charge in [0.05, 0.1) is 35.8 Å². The Kier molecular flexibility index (Phi) is 6.51. The van der Waals surface area contributed by atoms with Crippen molar-refractivity contribution in [2.45, 2.75) is 26.6 Å². The number of rotatable bonds is 5. The second-order valence-electron chi connectivity index (χ2n) is 9.42. The number of aromatic nitrogens is 3. The fourth-order valence-corrected chi connectivity index (χ4v) is 4.66. The SMILES string of the molecule is [C-]#[N+]c1c(C(F)(F)F)cc(-c2cccc(-c3ccc4cc(C(=O)O)[nH]c4c3)n2)n(Cc2ccc(C)cc2C)c1=O. The van der Waals surface area contributed by atoms with Crippen LogP contribution in [-0.4, -0.2) is 25.6 Å². The molecule has 200 valence electrons. The van der Waals surface area contributed by atoms with Crippen LogP contribution in [0, 0.1) is 20.4 Å². The largest absolute Gasteiger partial charge is 0.477 e. The van der Waals surface area contributed by atoms with Crippen molar-refractivity contribution >= 4 is 22.6 Å². The van der Waals surface area contributed by atoms with Gasteiger partial charge in [-0.2, -0.15) is 13.2 Å². The van der Waals surface area contributed by atoms with Gasteiger partial charge in [0, 0.05) is 16.5 Å². The Morgan fingerprint density at radius 2 is 1.80 bits per heavy atom. The van der Waals surface area contributed by atoms with Crippen LogP contribution in [0.4, 0.5) is 18.9 Å². The van der Waals surface area contributed by atoms with Crippen LogP contribution >= 0.6 is 0 Å². The van der Waals surface area contributed by atoms with Crippen molar-refractivity contribution in [2.24, 2.45) is 0 Å². The number of benzene rings is 2. The van der Waals surface area contributed by atoms with Crippen molar-refractivity contribution in [3.63, 3.8) is 0 Å². The molecule has 3 aromatic heterocycles. The van der Waals surface area contributed by atoms with Crippen molar-refractivity contribution in [3.8, 4) is 22.6 Å². The highest BCUT2D eigenvalue weighted by Gasteiger charge is 2.36. The number of fused-ring (bicyclic) bond motifs is 1. The van der Waals surface area contributed by atoms with Gasteiger partial charge < -0.3 is 14.7 Å². The Balaban J connectivity index is 1.70. The summed E-state index contributed by atoms with van der Waals surface area (Å²) in [6.07, 6.45) is -4.93. The minimum atomic E-state index is -4.93. The van der Waals surface area contributed by atoms with E-state index in [-0.39, 0.29) is 23.6 Å². The summed E-state index contributed by atoms with van der Waals surface area (Å²) in [5, 5.41) is 9.94. The molecule has 0 aliphatic rings. The average Bonchev–Trinajstić information content (AvgIpc) is 3.34. The molecular weight excluding hydrogens is 521 g/mol. The predicted molar refractivity (Wildman–Crippen MR) is 144 cm³/mol. The highest BCUT2D eigenvalue weighted by molar-refractivity contribution is 5.95.